The van der Waals surface area contributed by atoms with Crippen LogP contribution < -0.4 is 4.74 Å². The van der Waals surface area contributed by atoms with Gasteiger partial charge in [-0.1, -0.05) is 0 Å². The van der Waals surface area contributed by atoms with Gasteiger partial charge in [-0.3, -0.25) is 0 Å². The number of hydrogen-bond donors (Lipinski definition) is 0. The average molecular weight is 274 g/mol. The number of benzene rings is 1. The predicted molar refractivity (Wildman–Crippen MR) is 59.5 cm³/mol. The average Bonchev–Trinajstić information content (AvgIpc) is 2.70. The summed E-state index contributed by atoms with van der Waals surface area (Å²) < 4.78 is 44.4. The lowest BCUT2D eigenvalue weighted by atomic mass is 10.1. The van der Waals surface area contributed by atoms with Gasteiger partial charge in [0.2, 0.25) is 0 Å². The van der Waals surface area contributed by atoms with E-state index in [0.29, 0.717) is 11.3 Å². The molecule has 0 bridgehead atoms. The lowest BCUT2D eigenvalue weighted by molar-refractivity contribution is -0.150. The van der Waals surface area contributed by atoms with Crippen LogP contribution in [0, 0.1) is 0 Å². The highest BCUT2D eigenvalue weighted by Crippen LogP contribution is 2.31. The quantitative estimate of drug-likeness (QED) is 0.612. The van der Waals surface area contributed by atoms with Crippen LogP contribution in [0.15, 0.2) is 23.1 Å². The van der Waals surface area contributed by atoms with E-state index >= 15 is 0 Å². The molecular weight excluding hydrogens is 263 g/mol. The molecule has 0 amide bonds. The van der Waals surface area contributed by atoms with Crippen molar-refractivity contribution in [1.29, 1.82) is 0 Å². The van der Waals surface area contributed by atoms with E-state index in [1.54, 1.807) is 6.92 Å². The third-order valence-corrected chi connectivity index (χ3v) is 3.35. The second-order valence-corrected chi connectivity index (χ2v) is 5.12. The third-order valence-electron chi connectivity index (χ3n) is 2.54. The van der Waals surface area contributed by atoms with Gasteiger partial charge in [0, 0.05) is 6.42 Å². The Morgan fingerprint density at radius 1 is 1.56 bits per heavy atom. The summed E-state index contributed by atoms with van der Waals surface area (Å²) in [7, 11) is -4.74. The number of hydrogen-bond acceptors (Lipinski definition) is 5. The van der Waals surface area contributed by atoms with E-state index in [2.05, 4.69) is 0 Å². The van der Waals surface area contributed by atoms with Crippen LogP contribution in [0.25, 0.3) is 0 Å². The van der Waals surface area contributed by atoms with Crippen LogP contribution in [0.1, 0.15) is 12.5 Å². The molecule has 1 aromatic carbocycles. The van der Waals surface area contributed by atoms with E-state index in [-0.39, 0.29) is 13.0 Å². The second-order valence-electron chi connectivity index (χ2n) is 3.77. The molecule has 0 saturated heterocycles. The highest BCUT2D eigenvalue weighted by Gasteiger charge is 2.31. The third kappa shape index (κ3) is 2.45. The fourth-order valence-corrected chi connectivity index (χ4v) is 2.26. The molecule has 0 N–H and O–H groups in total. The molecular formula is C11H11FO5S. The monoisotopic (exact) mass is 274 g/mol. The number of fused-ring (bicyclic) bond motifs is 1. The minimum absolute atomic E-state index is 0.178. The number of carbonyl (C=O) groups excluding carboxylic acids is 1. The van der Waals surface area contributed by atoms with Crippen molar-refractivity contribution in [2.75, 3.05) is 6.61 Å². The fourth-order valence-electron chi connectivity index (χ4n) is 1.74. The van der Waals surface area contributed by atoms with Crippen molar-refractivity contribution in [3.05, 3.63) is 23.8 Å². The van der Waals surface area contributed by atoms with Gasteiger partial charge in [0.15, 0.2) is 6.10 Å². The van der Waals surface area contributed by atoms with Crippen LogP contribution in [0.4, 0.5) is 3.89 Å². The molecule has 1 atom stereocenters. The number of halogens is 1. The number of esters is 1. The number of ether oxygens (including phenoxy) is 2. The normalized spacial score (nSPS) is 18.0. The van der Waals surface area contributed by atoms with Crippen molar-refractivity contribution in [3.63, 3.8) is 0 Å². The SMILES string of the molecule is CCOC(=O)C1Cc2cc(S(=O)(=O)F)ccc2O1. The molecule has 18 heavy (non-hydrogen) atoms. The van der Waals surface area contributed by atoms with Gasteiger partial charge in [0.25, 0.3) is 0 Å². The molecule has 2 rings (SSSR count). The van der Waals surface area contributed by atoms with Crippen molar-refractivity contribution >= 4 is 16.2 Å². The summed E-state index contributed by atoms with van der Waals surface area (Å²) in [6.45, 7) is 1.91. The Balaban J connectivity index is 2.23. The molecule has 1 unspecified atom stereocenters. The molecule has 1 aliphatic rings. The molecule has 0 aliphatic carbocycles. The molecule has 98 valence electrons. The zero-order valence-corrected chi connectivity index (χ0v) is 10.4. The first-order valence-corrected chi connectivity index (χ1v) is 6.71. The van der Waals surface area contributed by atoms with Gasteiger partial charge >= 0.3 is 16.2 Å². The zero-order valence-electron chi connectivity index (χ0n) is 9.55. The number of rotatable bonds is 3. The van der Waals surface area contributed by atoms with E-state index < -0.39 is 27.2 Å². The van der Waals surface area contributed by atoms with Gasteiger partial charge in [-0.25, -0.2) is 4.79 Å². The summed E-state index contributed by atoms with van der Waals surface area (Å²) in [5.41, 5.74) is 0.478. The van der Waals surface area contributed by atoms with Crippen LogP contribution in [0.5, 0.6) is 5.75 Å². The summed E-state index contributed by atoms with van der Waals surface area (Å²) >= 11 is 0. The summed E-state index contributed by atoms with van der Waals surface area (Å²) in [5, 5.41) is 0. The van der Waals surface area contributed by atoms with Crippen molar-refractivity contribution in [2.45, 2.75) is 24.3 Å². The molecule has 0 radical (unpaired) electrons. The van der Waals surface area contributed by atoms with E-state index in [1.165, 1.54) is 12.1 Å². The first-order chi connectivity index (χ1) is 8.41. The van der Waals surface area contributed by atoms with Gasteiger partial charge in [-0.15, -0.1) is 3.89 Å². The lowest BCUT2D eigenvalue weighted by Gasteiger charge is -2.08. The Morgan fingerprint density at radius 3 is 2.89 bits per heavy atom. The molecule has 0 saturated carbocycles. The maximum Gasteiger partial charge on any atom is 0.347 e. The molecule has 0 aromatic heterocycles. The second kappa shape index (κ2) is 4.56. The van der Waals surface area contributed by atoms with Gasteiger partial charge in [0.1, 0.15) is 5.75 Å². The smallest absolute Gasteiger partial charge is 0.347 e. The maximum atomic E-state index is 12.8. The van der Waals surface area contributed by atoms with Crippen LogP contribution >= 0.6 is 0 Å². The Labute approximate surface area is 104 Å². The minimum Gasteiger partial charge on any atom is -0.478 e. The molecule has 7 heteroatoms. The zero-order chi connectivity index (χ0) is 13.3. The van der Waals surface area contributed by atoms with Gasteiger partial charge in [0.05, 0.1) is 11.5 Å². The van der Waals surface area contributed by atoms with Gasteiger partial charge in [-0.05, 0) is 30.7 Å². The van der Waals surface area contributed by atoms with E-state index in [4.69, 9.17) is 9.47 Å². The summed E-state index contributed by atoms with van der Waals surface area (Å²) in [5.74, 6) is -0.140. The predicted octanol–water partition coefficient (Wildman–Crippen LogP) is 1.21. The molecule has 1 heterocycles. The maximum absolute atomic E-state index is 12.8. The van der Waals surface area contributed by atoms with Crippen molar-refractivity contribution in [2.24, 2.45) is 0 Å². The van der Waals surface area contributed by atoms with Crippen LogP contribution in [-0.4, -0.2) is 27.1 Å². The lowest BCUT2D eigenvalue weighted by Crippen LogP contribution is -2.27. The summed E-state index contributed by atoms with van der Waals surface area (Å²) in [6.07, 6.45) is -0.616. The number of carbonyl (C=O) groups is 1. The standard InChI is InChI=1S/C11H11FO5S/c1-2-16-11(13)10-6-7-5-8(18(12,14)15)3-4-9(7)17-10/h3-5,10H,2,6H2,1H3. The molecule has 0 fully saturated rings. The molecule has 5 nitrogen and oxygen atoms in total. The van der Waals surface area contributed by atoms with Crippen LogP contribution in [0.2, 0.25) is 0 Å². The largest absolute Gasteiger partial charge is 0.478 e. The van der Waals surface area contributed by atoms with Gasteiger partial charge < -0.3 is 9.47 Å². The van der Waals surface area contributed by atoms with E-state index in [1.807, 2.05) is 0 Å². The minimum atomic E-state index is -4.74. The van der Waals surface area contributed by atoms with Crippen molar-refractivity contribution in [1.82, 2.24) is 0 Å². The first kappa shape index (κ1) is 12.8. The highest BCUT2D eigenvalue weighted by molar-refractivity contribution is 7.86. The van der Waals surface area contributed by atoms with Gasteiger partial charge in [-0.2, -0.15) is 8.42 Å². The molecule has 1 aliphatic heterocycles. The van der Waals surface area contributed by atoms with Crippen LogP contribution in [-0.2, 0) is 26.2 Å². The highest BCUT2D eigenvalue weighted by atomic mass is 32.3. The van der Waals surface area contributed by atoms with E-state index in [0.717, 1.165) is 6.07 Å². The van der Waals surface area contributed by atoms with Crippen molar-refractivity contribution < 1.29 is 26.6 Å². The molecule has 0 spiro atoms. The summed E-state index contributed by atoms with van der Waals surface area (Å²) in [4.78, 5) is 11.0. The van der Waals surface area contributed by atoms with E-state index in [9.17, 15) is 17.1 Å². The Hall–Kier alpha value is -1.63. The topological polar surface area (TPSA) is 69.7 Å². The Morgan fingerprint density at radius 2 is 2.28 bits per heavy atom. The Bertz CT molecular complexity index is 581. The van der Waals surface area contributed by atoms with Crippen LogP contribution in [0.3, 0.4) is 0 Å². The Kier molecular flexibility index (Phi) is 3.25. The van der Waals surface area contributed by atoms with Crippen molar-refractivity contribution in [3.8, 4) is 5.75 Å². The fraction of sp³-hybridized carbons (Fsp3) is 0.364. The molecule has 1 aromatic rings. The first-order valence-electron chi connectivity index (χ1n) is 5.32. The summed E-state index contributed by atoms with van der Waals surface area (Å²) in [6, 6.07) is 3.60.